The third kappa shape index (κ3) is 10.6. The van der Waals surface area contributed by atoms with Gasteiger partial charge in [-0.2, -0.15) is 0 Å². The van der Waals surface area contributed by atoms with Crippen LogP contribution in [0.25, 0.3) is 33.4 Å². The molecule has 3 amide bonds. The molecule has 0 radical (unpaired) electrons. The minimum Gasteiger partial charge on any atom is -0.464 e. The number of piperazine rings is 1. The number of likely N-dealkylation sites (tertiary alicyclic amines) is 2. The minimum atomic E-state index is -0.935. The second kappa shape index (κ2) is 22.0. The zero-order chi connectivity index (χ0) is 55.0. The van der Waals surface area contributed by atoms with Gasteiger partial charge in [0.15, 0.2) is 0 Å². The zero-order valence-corrected chi connectivity index (χ0v) is 48.5. The molecular formula is C61H83N11O7S. The lowest BCUT2D eigenvalue weighted by atomic mass is 9.72. The summed E-state index contributed by atoms with van der Waals surface area (Å²) in [6, 6.07) is 7.52. The van der Waals surface area contributed by atoms with Crippen molar-refractivity contribution in [2.24, 2.45) is 22.7 Å². The quantitative estimate of drug-likeness (QED) is 0.118. The molecule has 2 saturated carbocycles. The van der Waals surface area contributed by atoms with Gasteiger partial charge in [0, 0.05) is 117 Å². The van der Waals surface area contributed by atoms with Gasteiger partial charge in [0.25, 0.3) is 5.91 Å². The molecule has 19 heteroatoms. The highest BCUT2D eigenvalue weighted by molar-refractivity contribution is 7.10. The van der Waals surface area contributed by atoms with Gasteiger partial charge in [-0.1, -0.05) is 32.8 Å². The number of anilines is 1. The number of pyridine rings is 1. The maximum Gasteiger partial charge on any atom is 0.324 e. The number of cyclic esters (lactones) is 1. The van der Waals surface area contributed by atoms with Crippen molar-refractivity contribution in [3.05, 3.63) is 52.1 Å². The van der Waals surface area contributed by atoms with Crippen LogP contribution >= 0.6 is 11.3 Å². The van der Waals surface area contributed by atoms with Crippen molar-refractivity contribution >= 4 is 51.6 Å². The first-order valence-corrected chi connectivity index (χ1v) is 31.2. The highest BCUT2D eigenvalue weighted by Crippen LogP contribution is 2.46. The molecule has 2 aliphatic carbocycles. The standard InChI is InChI=1S/C61H83N11O7S/c1-6-71-49-17-16-40-25-43(49)45(55(71)44-26-41(29-62-51(44)37(2)77-5)68-22-21-67-23-24-78-31-42(67)30-68)28-60(3,4)36-79-59(76)46-13-9-20-72(66-46)57(74)47(27-50-63-48(40)32-80-50)64-56(73)54(39-11-7-8-12-39)69-19-10-18-61(33-69)34-70(35-61)58(75)53-52(65-53)38-14-15-38/h16-17,25-26,29,32,37-39,42,46-47,52-54,65-66H,6-15,18-24,27-28,30-31,33-36H2,1-5H3,(H,64,73)/t37-,42-,46-,47-,52?,53+,54?/m0/s1. The van der Waals surface area contributed by atoms with Crippen molar-refractivity contribution < 1.29 is 33.4 Å². The molecular weight excluding hydrogens is 1030 g/mol. The van der Waals surface area contributed by atoms with Crippen LogP contribution in [0.2, 0.25) is 0 Å². The number of esters is 1. The molecule has 7 aliphatic heterocycles. The zero-order valence-electron chi connectivity index (χ0n) is 47.7. The Morgan fingerprint density at radius 2 is 1.82 bits per heavy atom. The molecule has 1 aromatic carbocycles. The molecule has 1 spiro atoms. The number of nitrogens with zero attached hydrogens (tertiary/aromatic N) is 8. The Balaban J connectivity index is 0.828. The number of hydrazine groups is 1. The first-order chi connectivity index (χ1) is 38.8. The van der Waals surface area contributed by atoms with Gasteiger partial charge in [0.1, 0.15) is 18.1 Å². The predicted octanol–water partition coefficient (Wildman–Crippen LogP) is 5.96. The monoisotopic (exact) mass is 1110 g/mol. The summed E-state index contributed by atoms with van der Waals surface area (Å²) >= 11 is 1.51. The lowest BCUT2D eigenvalue weighted by Crippen LogP contribution is -2.68. The minimum absolute atomic E-state index is 0.0253. The van der Waals surface area contributed by atoms with Crippen LogP contribution < -0.4 is 21.0 Å². The number of rotatable bonds is 11. The van der Waals surface area contributed by atoms with Crippen molar-refractivity contribution in [2.45, 2.75) is 154 Å². The molecule has 2 unspecified atom stereocenters. The van der Waals surface area contributed by atoms with E-state index in [2.05, 4.69) is 97.6 Å². The molecule has 80 heavy (non-hydrogen) atoms. The van der Waals surface area contributed by atoms with E-state index in [1.165, 1.54) is 24.2 Å². The molecule has 430 valence electrons. The van der Waals surface area contributed by atoms with Gasteiger partial charge < -0.3 is 33.9 Å². The number of fused-ring (bicyclic) bond motifs is 7. The largest absolute Gasteiger partial charge is 0.464 e. The van der Waals surface area contributed by atoms with Crippen LogP contribution in [0.1, 0.15) is 114 Å². The Morgan fingerprint density at radius 1 is 0.988 bits per heavy atom. The maximum absolute atomic E-state index is 15.3. The van der Waals surface area contributed by atoms with Gasteiger partial charge in [-0.3, -0.25) is 44.3 Å². The third-order valence-corrected chi connectivity index (χ3v) is 20.5. The first kappa shape index (κ1) is 54.2. The lowest BCUT2D eigenvalue weighted by molar-refractivity contribution is -0.155. The van der Waals surface area contributed by atoms with E-state index in [0.29, 0.717) is 50.4 Å². The van der Waals surface area contributed by atoms with E-state index in [0.717, 1.165) is 159 Å². The highest BCUT2D eigenvalue weighted by Gasteiger charge is 2.57. The SMILES string of the molecule is CCn1c(-c2cc(N3CCN4CCOC[C@@H]4C3)cnc2[C@H](C)OC)c2c3cc(ccc31)-c1csc(n1)C[C@H](NC(=O)C(C1CCCC1)N1CCCC3(CN(C(=O)[C@@H]4NC4C4CC4)C3)C1)C(=O)N1CCC[C@H](N1)C(=O)OCC(C)(C)C2. The summed E-state index contributed by atoms with van der Waals surface area (Å²) < 4.78 is 20.7. The Hall–Kier alpha value is -5.02. The Labute approximate surface area is 475 Å². The van der Waals surface area contributed by atoms with E-state index >= 15 is 9.59 Å². The van der Waals surface area contributed by atoms with Gasteiger partial charge in [-0.05, 0) is 114 Å². The average molecular weight is 1110 g/mol. The van der Waals surface area contributed by atoms with E-state index in [4.69, 9.17) is 24.2 Å². The molecule has 13 rings (SSSR count). The van der Waals surface area contributed by atoms with Crippen LogP contribution in [0.15, 0.2) is 35.8 Å². The average Bonchev–Trinajstić information content (AvgIpc) is 4.18. The number of carbonyl (C=O) groups is 4. The molecule has 8 fully saturated rings. The van der Waals surface area contributed by atoms with Crippen molar-refractivity contribution in [3.8, 4) is 22.5 Å². The summed E-state index contributed by atoms with van der Waals surface area (Å²) in [6.45, 7) is 18.1. The van der Waals surface area contributed by atoms with Crippen molar-refractivity contribution in [2.75, 3.05) is 90.7 Å². The summed E-state index contributed by atoms with van der Waals surface area (Å²) in [7, 11) is 1.74. The molecule has 9 aliphatic rings. The fourth-order valence-corrected chi connectivity index (χ4v) is 15.9. The second-order valence-corrected chi connectivity index (χ2v) is 26.9. The fraction of sp³-hybridized carbons (Fsp3) is 0.672. The number of carbonyl (C=O) groups excluding carboxylic acids is 4. The lowest BCUT2D eigenvalue weighted by Gasteiger charge is -2.56. The number of aromatic nitrogens is 3. The number of amides is 3. The van der Waals surface area contributed by atoms with E-state index in [9.17, 15) is 9.59 Å². The summed E-state index contributed by atoms with van der Waals surface area (Å²) in [6.07, 6.45) is 12.2. The van der Waals surface area contributed by atoms with Gasteiger partial charge in [0.05, 0.1) is 72.0 Å². The molecule has 3 N–H and O–H groups in total. The number of morpholine rings is 1. The highest BCUT2D eigenvalue weighted by atomic mass is 32.1. The normalized spacial score (nSPS) is 28.3. The van der Waals surface area contributed by atoms with Gasteiger partial charge in [-0.15, -0.1) is 11.3 Å². The van der Waals surface area contributed by atoms with Crippen LogP contribution in [-0.4, -0.2) is 180 Å². The molecule has 4 aromatic rings. The molecule has 18 nitrogen and oxygen atoms in total. The van der Waals surface area contributed by atoms with Crippen LogP contribution in [0.5, 0.6) is 0 Å². The Morgan fingerprint density at radius 3 is 2.62 bits per heavy atom. The van der Waals surface area contributed by atoms with Crippen molar-refractivity contribution in [1.29, 1.82) is 0 Å². The van der Waals surface area contributed by atoms with Gasteiger partial charge >= 0.3 is 5.97 Å². The number of thiazole rings is 1. The second-order valence-electron chi connectivity index (χ2n) is 25.9. The third-order valence-electron chi connectivity index (χ3n) is 19.6. The van der Waals surface area contributed by atoms with Crippen LogP contribution in [0, 0.1) is 22.7 Å². The number of nitrogens with one attached hydrogen (secondary N) is 3. The smallest absolute Gasteiger partial charge is 0.324 e. The molecule has 6 bridgehead atoms. The number of hydrogen-bond donors (Lipinski definition) is 3. The number of piperidine rings is 1. The number of ether oxygens (including phenoxy) is 3. The van der Waals surface area contributed by atoms with Crippen LogP contribution in [0.4, 0.5) is 5.69 Å². The Kier molecular flexibility index (Phi) is 14.9. The summed E-state index contributed by atoms with van der Waals surface area (Å²) in [5, 5.41) is 12.3. The molecule has 6 saturated heterocycles. The van der Waals surface area contributed by atoms with E-state index in [1.54, 1.807) is 12.1 Å². The number of aryl methyl sites for hydroxylation is 1. The van der Waals surface area contributed by atoms with Crippen molar-refractivity contribution in [3.63, 3.8) is 0 Å². The predicted molar refractivity (Wildman–Crippen MR) is 307 cm³/mol. The summed E-state index contributed by atoms with van der Waals surface area (Å²) in [5.41, 5.74) is 10.8. The van der Waals surface area contributed by atoms with Crippen LogP contribution in [-0.2, 0) is 52.8 Å². The van der Waals surface area contributed by atoms with Gasteiger partial charge in [-0.25, -0.2) is 10.4 Å². The van der Waals surface area contributed by atoms with E-state index in [-0.39, 0.29) is 54.2 Å². The topological polar surface area (TPSA) is 189 Å². The fourth-order valence-electron chi connectivity index (χ4n) is 15.1. The molecule has 10 heterocycles. The van der Waals surface area contributed by atoms with E-state index < -0.39 is 29.5 Å². The number of methoxy groups -OCH3 is 1. The van der Waals surface area contributed by atoms with Gasteiger partial charge in [0.2, 0.25) is 11.8 Å². The molecule has 7 atom stereocenters. The number of benzene rings is 1. The van der Waals surface area contributed by atoms with Crippen LogP contribution in [0.3, 0.4) is 0 Å². The summed E-state index contributed by atoms with van der Waals surface area (Å²) in [5.74, 6) is 0.264. The van der Waals surface area contributed by atoms with E-state index in [1.807, 2.05) is 6.20 Å². The summed E-state index contributed by atoms with van der Waals surface area (Å²) in [4.78, 5) is 78.1. The Bertz CT molecular complexity index is 3000. The van der Waals surface area contributed by atoms with Crippen molar-refractivity contribution in [1.82, 2.24) is 50.3 Å². The maximum atomic E-state index is 15.3. The molecule has 3 aromatic heterocycles. The first-order valence-electron chi connectivity index (χ1n) is 30.3. The number of hydrogen-bond acceptors (Lipinski definition) is 15.